The minimum atomic E-state index is -0.362. The van der Waals surface area contributed by atoms with E-state index < -0.39 is 0 Å². The standard InChI is InChI=1S/C10H18N2O3/c1-15-10(14)12-7-4-2-3-6(7)9(11)8(12)5-13/h6-9,13H,2-5,11H2,1H3/t6-,7+,8-,9-/m0/s1. The molecule has 1 aliphatic heterocycles. The van der Waals surface area contributed by atoms with Crippen molar-refractivity contribution in [1.82, 2.24) is 4.90 Å². The van der Waals surface area contributed by atoms with E-state index in [1.54, 1.807) is 4.90 Å². The number of nitrogens with zero attached hydrogens (tertiary/aromatic N) is 1. The summed E-state index contributed by atoms with van der Waals surface area (Å²) in [5.74, 6) is 0.334. The van der Waals surface area contributed by atoms with Crippen LogP contribution in [0, 0.1) is 5.92 Å². The van der Waals surface area contributed by atoms with Gasteiger partial charge in [0.25, 0.3) is 0 Å². The molecular weight excluding hydrogens is 196 g/mol. The van der Waals surface area contributed by atoms with Gasteiger partial charge in [-0.05, 0) is 18.8 Å². The summed E-state index contributed by atoms with van der Waals surface area (Å²) in [6.45, 7) is -0.0801. The number of nitrogens with two attached hydrogens (primary N) is 1. The first-order chi connectivity index (χ1) is 7.20. The Labute approximate surface area is 89.2 Å². The van der Waals surface area contributed by atoms with Gasteiger partial charge in [-0.15, -0.1) is 0 Å². The minimum absolute atomic E-state index is 0.0801. The highest BCUT2D eigenvalue weighted by Crippen LogP contribution is 2.40. The van der Waals surface area contributed by atoms with Crippen LogP contribution in [0.3, 0.4) is 0 Å². The van der Waals surface area contributed by atoms with Crippen molar-refractivity contribution in [2.75, 3.05) is 13.7 Å². The number of carbonyl (C=O) groups is 1. The Morgan fingerprint density at radius 1 is 1.60 bits per heavy atom. The first kappa shape index (κ1) is 10.7. The predicted molar refractivity (Wildman–Crippen MR) is 54.2 cm³/mol. The lowest BCUT2D eigenvalue weighted by Crippen LogP contribution is -2.47. The van der Waals surface area contributed by atoms with Crippen LogP contribution in [0.4, 0.5) is 4.79 Å². The van der Waals surface area contributed by atoms with Gasteiger partial charge in [0.1, 0.15) is 0 Å². The number of amides is 1. The SMILES string of the molecule is COC(=O)N1[C@@H]2CCC[C@@H]2[C@H](N)[C@@H]1CO. The molecule has 1 heterocycles. The van der Waals surface area contributed by atoms with Crippen LogP contribution < -0.4 is 5.73 Å². The summed E-state index contributed by atoms with van der Waals surface area (Å²) in [4.78, 5) is 13.2. The smallest absolute Gasteiger partial charge is 0.410 e. The molecular formula is C10H18N2O3. The number of fused-ring (bicyclic) bond motifs is 1. The molecule has 5 nitrogen and oxygen atoms in total. The first-order valence-corrected chi connectivity index (χ1v) is 5.43. The Bertz CT molecular complexity index is 257. The van der Waals surface area contributed by atoms with E-state index in [1.807, 2.05) is 0 Å². The van der Waals surface area contributed by atoms with Crippen LogP contribution >= 0.6 is 0 Å². The third kappa shape index (κ3) is 1.50. The van der Waals surface area contributed by atoms with Crippen molar-refractivity contribution in [3.05, 3.63) is 0 Å². The second-order valence-electron chi connectivity index (χ2n) is 4.37. The molecule has 0 aromatic heterocycles. The van der Waals surface area contributed by atoms with Gasteiger partial charge in [-0.3, -0.25) is 4.90 Å². The Morgan fingerprint density at radius 2 is 2.33 bits per heavy atom. The molecule has 5 heteroatoms. The number of carbonyl (C=O) groups excluding carboxylic acids is 1. The zero-order valence-corrected chi connectivity index (χ0v) is 8.93. The van der Waals surface area contributed by atoms with Gasteiger partial charge >= 0.3 is 6.09 Å². The summed E-state index contributed by atoms with van der Waals surface area (Å²) in [6.07, 6.45) is 2.77. The monoisotopic (exact) mass is 214 g/mol. The van der Waals surface area contributed by atoms with Crippen molar-refractivity contribution in [1.29, 1.82) is 0 Å². The molecule has 0 radical (unpaired) electrons. The van der Waals surface area contributed by atoms with Crippen LogP contribution in [-0.2, 0) is 4.74 Å². The van der Waals surface area contributed by atoms with E-state index in [-0.39, 0.29) is 30.8 Å². The Kier molecular flexibility index (Phi) is 2.84. The maximum Gasteiger partial charge on any atom is 0.410 e. The third-order valence-electron chi connectivity index (χ3n) is 3.76. The van der Waals surface area contributed by atoms with Gasteiger partial charge in [0, 0.05) is 12.1 Å². The van der Waals surface area contributed by atoms with Crippen LogP contribution in [0.2, 0.25) is 0 Å². The van der Waals surface area contributed by atoms with Crippen LogP contribution in [0.1, 0.15) is 19.3 Å². The van der Waals surface area contributed by atoms with E-state index in [0.29, 0.717) is 5.92 Å². The van der Waals surface area contributed by atoms with E-state index in [2.05, 4.69) is 0 Å². The van der Waals surface area contributed by atoms with Gasteiger partial charge in [-0.1, -0.05) is 6.42 Å². The molecule has 1 saturated carbocycles. The molecule has 86 valence electrons. The summed E-state index contributed by atoms with van der Waals surface area (Å²) in [7, 11) is 1.37. The van der Waals surface area contributed by atoms with Gasteiger partial charge in [-0.2, -0.15) is 0 Å². The largest absolute Gasteiger partial charge is 0.453 e. The molecule has 4 atom stereocenters. The fourth-order valence-electron chi connectivity index (χ4n) is 3.07. The molecule has 1 amide bonds. The van der Waals surface area contributed by atoms with Crippen molar-refractivity contribution in [3.8, 4) is 0 Å². The van der Waals surface area contributed by atoms with Gasteiger partial charge in [0.2, 0.25) is 0 Å². The molecule has 0 aromatic carbocycles. The molecule has 1 aliphatic carbocycles. The van der Waals surface area contributed by atoms with Crippen LogP contribution in [0.15, 0.2) is 0 Å². The molecule has 0 aromatic rings. The van der Waals surface area contributed by atoms with Crippen molar-refractivity contribution in [2.24, 2.45) is 11.7 Å². The number of methoxy groups -OCH3 is 1. The zero-order chi connectivity index (χ0) is 11.0. The van der Waals surface area contributed by atoms with E-state index in [9.17, 15) is 9.90 Å². The summed E-state index contributed by atoms with van der Waals surface area (Å²) in [5.41, 5.74) is 6.05. The lowest BCUT2D eigenvalue weighted by molar-refractivity contribution is 0.0816. The lowest BCUT2D eigenvalue weighted by Gasteiger charge is -2.27. The van der Waals surface area contributed by atoms with Crippen molar-refractivity contribution in [3.63, 3.8) is 0 Å². The number of rotatable bonds is 1. The van der Waals surface area contributed by atoms with Crippen molar-refractivity contribution >= 4 is 6.09 Å². The zero-order valence-electron chi connectivity index (χ0n) is 8.93. The highest BCUT2D eigenvalue weighted by atomic mass is 16.5. The fourth-order valence-corrected chi connectivity index (χ4v) is 3.07. The molecule has 0 unspecified atom stereocenters. The molecule has 2 rings (SSSR count). The van der Waals surface area contributed by atoms with Gasteiger partial charge < -0.3 is 15.6 Å². The van der Waals surface area contributed by atoms with Gasteiger partial charge in [-0.25, -0.2) is 4.79 Å². The normalized spacial score (nSPS) is 39.3. The van der Waals surface area contributed by atoms with Crippen LogP contribution in [0.25, 0.3) is 0 Å². The van der Waals surface area contributed by atoms with Crippen LogP contribution in [-0.4, -0.2) is 47.9 Å². The number of hydrogen-bond acceptors (Lipinski definition) is 4. The topological polar surface area (TPSA) is 75.8 Å². The Hall–Kier alpha value is -0.810. The van der Waals surface area contributed by atoms with Gasteiger partial charge in [0.15, 0.2) is 0 Å². The summed E-state index contributed by atoms with van der Waals surface area (Å²) < 4.78 is 4.74. The second kappa shape index (κ2) is 3.98. The molecule has 0 bridgehead atoms. The number of ether oxygens (including phenoxy) is 1. The predicted octanol–water partition coefficient (Wildman–Crippen LogP) is -0.0747. The van der Waals surface area contributed by atoms with Crippen molar-refractivity contribution in [2.45, 2.75) is 37.4 Å². The average Bonchev–Trinajstić information content (AvgIpc) is 2.79. The molecule has 15 heavy (non-hydrogen) atoms. The summed E-state index contributed by atoms with van der Waals surface area (Å²) in [5, 5.41) is 9.28. The van der Waals surface area contributed by atoms with Gasteiger partial charge in [0.05, 0.1) is 19.8 Å². The average molecular weight is 214 g/mol. The van der Waals surface area contributed by atoms with E-state index in [1.165, 1.54) is 7.11 Å². The fraction of sp³-hybridized carbons (Fsp3) is 0.900. The first-order valence-electron chi connectivity index (χ1n) is 5.43. The molecule has 3 N–H and O–H groups in total. The maximum absolute atomic E-state index is 11.6. The highest BCUT2D eigenvalue weighted by Gasteiger charge is 2.51. The van der Waals surface area contributed by atoms with E-state index >= 15 is 0 Å². The molecule has 2 fully saturated rings. The number of aliphatic hydroxyl groups excluding tert-OH is 1. The second-order valence-corrected chi connectivity index (χ2v) is 4.37. The number of aliphatic hydroxyl groups is 1. The quantitative estimate of drug-likeness (QED) is 0.640. The molecule has 0 spiro atoms. The molecule has 1 saturated heterocycles. The third-order valence-corrected chi connectivity index (χ3v) is 3.76. The Balaban J connectivity index is 2.21. The van der Waals surface area contributed by atoms with E-state index in [4.69, 9.17) is 10.5 Å². The van der Waals surface area contributed by atoms with Crippen LogP contribution in [0.5, 0.6) is 0 Å². The van der Waals surface area contributed by atoms with E-state index in [0.717, 1.165) is 19.3 Å². The highest BCUT2D eigenvalue weighted by molar-refractivity contribution is 5.69. The maximum atomic E-state index is 11.6. The number of hydrogen-bond donors (Lipinski definition) is 2. The lowest BCUT2D eigenvalue weighted by atomic mass is 9.97. The van der Waals surface area contributed by atoms with Crippen molar-refractivity contribution < 1.29 is 14.6 Å². The summed E-state index contributed by atoms with van der Waals surface area (Å²) >= 11 is 0. The minimum Gasteiger partial charge on any atom is -0.453 e. The Morgan fingerprint density at radius 3 is 2.93 bits per heavy atom. The summed E-state index contributed by atoms with van der Waals surface area (Å²) in [6, 6.07) is -0.209. The number of likely N-dealkylation sites (tertiary alicyclic amines) is 1. The molecule has 2 aliphatic rings.